The van der Waals surface area contributed by atoms with Crippen LogP contribution in [0.2, 0.25) is 0 Å². The van der Waals surface area contributed by atoms with E-state index < -0.39 is 79.4 Å². The smallest absolute Gasteiger partial charge is 0.326 e. The van der Waals surface area contributed by atoms with Crippen molar-refractivity contribution in [2.45, 2.75) is 69.9 Å². The third kappa shape index (κ3) is 14.9. The number of carboxylic acids is 4. The van der Waals surface area contributed by atoms with Crippen LogP contribution in [0.4, 0.5) is 19.7 Å². The van der Waals surface area contributed by atoms with Crippen LogP contribution in [0, 0.1) is 0 Å². The Labute approximate surface area is 348 Å². The van der Waals surface area contributed by atoms with Crippen molar-refractivity contribution in [2.24, 2.45) is 0 Å². The van der Waals surface area contributed by atoms with E-state index in [0.29, 0.717) is 48.3 Å². The number of alkyl halides is 1. The predicted molar refractivity (Wildman–Crippen MR) is 212 cm³/mol. The van der Waals surface area contributed by atoms with Gasteiger partial charge >= 0.3 is 35.9 Å². The van der Waals surface area contributed by atoms with Crippen LogP contribution in [0.3, 0.4) is 0 Å². The lowest BCUT2D eigenvalue weighted by atomic mass is 10.1. The van der Waals surface area contributed by atoms with Gasteiger partial charge < -0.3 is 51.5 Å². The minimum absolute atomic E-state index is 0.0327. The number of amides is 6. The molecular formula is C39H48FN9O12. The molecule has 1 aromatic heterocycles. The maximum atomic E-state index is 13.8. The molecule has 3 aromatic rings. The lowest BCUT2D eigenvalue weighted by Gasteiger charge is -2.34. The minimum atomic E-state index is -1.55. The first kappa shape index (κ1) is 46.6. The Bertz CT molecular complexity index is 2050. The van der Waals surface area contributed by atoms with Gasteiger partial charge in [-0.2, -0.15) is 0 Å². The van der Waals surface area contributed by atoms with Crippen LogP contribution in [-0.4, -0.2) is 144 Å². The number of unbranched alkanes of at least 4 members (excludes halogenated alkanes) is 2. The van der Waals surface area contributed by atoms with Gasteiger partial charge in [0.05, 0.1) is 24.3 Å². The number of piperazine rings is 1. The van der Waals surface area contributed by atoms with Crippen molar-refractivity contribution < 1.29 is 63.2 Å². The first-order chi connectivity index (χ1) is 29.1. The van der Waals surface area contributed by atoms with Crippen LogP contribution in [-0.2, 0) is 32.0 Å². The quantitative estimate of drug-likeness (QED) is 0.0672. The van der Waals surface area contributed by atoms with Gasteiger partial charge in [-0.05, 0) is 68.0 Å². The van der Waals surface area contributed by atoms with E-state index in [1.54, 1.807) is 23.2 Å². The molecule has 1 fully saturated rings. The Morgan fingerprint density at radius 2 is 1.38 bits per heavy atom. The molecule has 61 heavy (non-hydrogen) atoms. The zero-order valence-corrected chi connectivity index (χ0v) is 33.0. The molecule has 0 radical (unpaired) electrons. The van der Waals surface area contributed by atoms with Crippen LogP contribution < -0.4 is 21.3 Å². The van der Waals surface area contributed by atoms with Crippen LogP contribution in [0.25, 0.3) is 5.69 Å². The molecule has 0 bridgehead atoms. The molecule has 1 aliphatic rings. The standard InChI is InChI=1S/C39H48FN9O12/c40-13-4-5-28-23-49(46-45-28)29-21-25(34(54)41-14-3-1-2-6-32(50)51)20-26(22-29)35(55)47-15-17-48(18-16-47)39(61)42-27-9-7-24(8-10-27)19-31(37(58)59)44-38(60)43-30(36(56)57)11-12-33(52)53/h7-10,20-23,30-31H,1-6,11-19H2,(H,41,54)(H,42,61)(H,50,51)(H,52,53)(H,56,57)(H,58,59)(H2,43,44,60)/t30-,31+/m1/s1. The Morgan fingerprint density at radius 3 is 2.02 bits per heavy atom. The van der Waals surface area contributed by atoms with Crippen LogP contribution >= 0.6 is 0 Å². The summed E-state index contributed by atoms with van der Waals surface area (Å²) in [5.41, 5.74) is 2.09. The van der Waals surface area contributed by atoms with E-state index in [0.717, 1.165) is 0 Å². The number of halogens is 1. The number of hydrogen-bond donors (Lipinski definition) is 8. The third-order valence-corrected chi connectivity index (χ3v) is 9.50. The van der Waals surface area contributed by atoms with Gasteiger partial charge in [-0.15, -0.1) is 5.10 Å². The summed E-state index contributed by atoms with van der Waals surface area (Å²) in [5, 5.41) is 54.5. The first-order valence-corrected chi connectivity index (χ1v) is 19.4. The summed E-state index contributed by atoms with van der Waals surface area (Å²) < 4.78 is 14.2. The summed E-state index contributed by atoms with van der Waals surface area (Å²) >= 11 is 0. The Balaban J connectivity index is 1.34. The second-order valence-corrected chi connectivity index (χ2v) is 14.1. The largest absolute Gasteiger partial charge is 0.481 e. The summed E-state index contributed by atoms with van der Waals surface area (Å²) in [4.78, 5) is 100. The van der Waals surface area contributed by atoms with Crippen molar-refractivity contribution in [3.63, 3.8) is 0 Å². The van der Waals surface area contributed by atoms with E-state index in [9.17, 15) is 53.0 Å². The summed E-state index contributed by atoms with van der Waals surface area (Å²) in [6, 6.07) is 6.09. The third-order valence-electron chi connectivity index (χ3n) is 9.50. The number of benzene rings is 2. The fraction of sp³-hybridized carbons (Fsp3) is 0.436. The molecule has 2 atom stereocenters. The molecular weight excluding hydrogens is 805 g/mol. The van der Waals surface area contributed by atoms with E-state index >= 15 is 0 Å². The number of aliphatic carboxylic acids is 4. The fourth-order valence-corrected chi connectivity index (χ4v) is 6.21. The molecule has 2 aromatic carbocycles. The highest BCUT2D eigenvalue weighted by Crippen LogP contribution is 2.19. The molecule has 0 saturated carbocycles. The topological polar surface area (TPSA) is 303 Å². The van der Waals surface area contributed by atoms with Crippen molar-refractivity contribution >= 4 is 53.4 Å². The van der Waals surface area contributed by atoms with E-state index in [1.807, 2.05) is 0 Å². The number of aryl methyl sites for hydroxylation is 1. The highest BCUT2D eigenvalue weighted by Gasteiger charge is 2.28. The number of rotatable bonds is 22. The van der Waals surface area contributed by atoms with Gasteiger partial charge in [0.2, 0.25) is 0 Å². The molecule has 22 heteroatoms. The molecule has 328 valence electrons. The maximum Gasteiger partial charge on any atom is 0.326 e. The van der Waals surface area contributed by atoms with Crippen molar-refractivity contribution in [3.05, 3.63) is 71.0 Å². The van der Waals surface area contributed by atoms with Crippen molar-refractivity contribution in [2.75, 3.05) is 44.7 Å². The Morgan fingerprint density at radius 1 is 0.738 bits per heavy atom. The van der Waals surface area contributed by atoms with Crippen molar-refractivity contribution in [3.8, 4) is 5.69 Å². The average molecular weight is 854 g/mol. The molecule has 4 rings (SSSR count). The normalized spacial score (nSPS) is 13.4. The molecule has 0 unspecified atom stereocenters. The summed E-state index contributed by atoms with van der Waals surface area (Å²) in [7, 11) is 0. The molecule has 0 spiro atoms. The van der Waals surface area contributed by atoms with Crippen molar-refractivity contribution in [1.82, 2.24) is 40.7 Å². The zero-order chi connectivity index (χ0) is 44.5. The molecule has 21 nitrogen and oxygen atoms in total. The second-order valence-electron chi connectivity index (χ2n) is 14.1. The number of hydrogen-bond acceptors (Lipinski definition) is 10. The van der Waals surface area contributed by atoms with Gasteiger partial charge in [-0.3, -0.25) is 23.6 Å². The summed E-state index contributed by atoms with van der Waals surface area (Å²) in [5.74, 6) is -5.90. The first-order valence-electron chi connectivity index (χ1n) is 19.4. The molecule has 8 N–H and O–H groups in total. The van der Waals surface area contributed by atoms with Gasteiger partial charge in [0.1, 0.15) is 12.1 Å². The minimum Gasteiger partial charge on any atom is -0.481 e. The van der Waals surface area contributed by atoms with Crippen LogP contribution in [0.15, 0.2) is 48.7 Å². The van der Waals surface area contributed by atoms with Gasteiger partial charge in [-0.1, -0.05) is 23.8 Å². The number of nitrogens with zero attached hydrogens (tertiary/aromatic N) is 5. The summed E-state index contributed by atoms with van der Waals surface area (Å²) in [6.07, 6.45) is 2.72. The molecule has 1 saturated heterocycles. The van der Waals surface area contributed by atoms with Crippen LogP contribution in [0.1, 0.15) is 76.9 Å². The number of urea groups is 2. The van der Waals surface area contributed by atoms with Gasteiger partial charge in [0, 0.05) is 68.8 Å². The van der Waals surface area contributed by atoms with E-state index in [-0.39, 0.29) is 63.1 Å². The number of anilines is 1. The number of nitrogens with one attached hydrogen (secondary N) is 4. The Kier molecular flexibility index (Phi) is 17.5. The van der Waals surface area contributed by atoms with Gasteiger partial charge in [0.15, 0.2) is 0 Å². The predicted octanol–water partition coefficient (Wildman–Crippen LogP) is 2.15. The highest BCUT2D eigenvalue weighted by atomic mass is 19.1. The van der Waals surface area contributed by atoms with E-state index in [4.69, 9.17) is 10.2 Å². The zero-order valence-electron chi connectivity index (χ0n) is 33.0. The van der Waals surface area contributed by atoms with Gasteiger partial charge in [-0.25, -0.2) is 23.9 Å². The fourth-order valence-electron chi connectivity index (χ4n) is 6.21. The SMILES string of the molecule is O=C(O)CCCCCNC(=O)c1cc(C(=O)N2CCN(C(=O)Nc3ccc(C[C@H](NC(=O)N[C@H](CCC(=O)O)C(=O)O)C(=O)O)cc3)CC2)cc(-n2cc(CCCF)nn2)c1. The number of carbonyl (C=O) groups is 8. The molecule has 2 heterocycles. The maximum absolute atomic E-state index is 13.8. The average Bonchev–Trinajstić information content (AvgIpc) is 3.71. The van der Waals surface area contributed by atoms with Gasteiger partial charge in [0.25, 0.3) is 11.8 Å². The second kappa shape index (κ2) is 22.9. The highest BCUT2D eigenvalue weighted by molar-refractivity contribution is 6.01. The number of carbonyl (C=O) groups excluding carboxylic acids is 4. The molecule has 1 aliphatic heterocycles. The number of carboxylic acid groups (broad SMARTS) is 4. The lowest BCUT2D eigenvalue weighted by Crippen LogP contribution is -2.51. The van der Waals surface area contributed by atoms with E-state index in [2.05, 4.69) is 31.6 Å². The monoisotopic (exact) mass is 853 g/mol. The van der Waals surface area contributed by atoms with Crippen molar-refractivity contribution in [1.29, 1.82) is 0 Å². The lowest BCUT2D eigenvalue weighted by molar-refractivity contribution is -0.141. The molecule has 0 aliphatic carbocycles. The van der Waals surface area contributed by atoms with E-state index in [1.165, 1.54) is 39.9 Å². The van der Waals surface area contributed by atoms with Crippen LogP contribution in [0.5, 0.6) is 0 Å². The molecule has 6 amide bonds. The number of aromatic nitrogens is 3. The summed E-state index contributed by atoms with van der Waals surface area (Å²) in [6.45, 7) is 0.414. The Hall–Kier alpha value is -7.13.